The maximum Gasteiger partial charge on any atom is 0.308 e. The van der Waals surface area contributed by atoms with Crippen molar-refractivity contribution in [3.8, 4) is 0 Å². The van der Waals surface area contributed by atoms with Gasteiger partial charge in [-0.2, -0.15) is 0 Å². The summed E-state index contributed by atoms with van der Waals surface area (Å²) in [5.74, 6) is 0.979. The molecule has 0 spiro atoms. The largest absolute Gasteiger partial charge is 0.462 e. The fourth-order valence-corrected chi connectivity index (χ4v) is 5.27. The summed E-state index contributed by atoms with van der Waals surface area (Å²) in [6.45, 7) is 8.39. The number of esters is 2. The zero-order valence-electron chi connectivity index (χ0n) is 18.9. The lowest BCUT2D eigenvalue weighted by Gasteiger charge is -2.43. The van der Waals surface area contributed by atoms with Crippen LogP contribution in [-0.2, 0) is 19.1 Å². The van der Waals surface area contributed by atoms with Crippen molar-refractivity contribution in [3.05, 3.63) is 23.8 Å². The van der Waals surface area contributed by atoms with Crippen LogP contribution in [0.4, 0.5) is 0 Å². The van der Waals surface area contributed by atoms with Crippen molar-refractivity contribution >= 4 is 11.9 Å². The number of aliphatic hydroxyl groups excluding tert-OH is 1. The number of carbonyl (C=O) groups is 2. The minimum absolute atomic E-state index is 0.0721. The third kappa shape index (κ3) is 5.54. The lowest BCUT2D eigenvalue weighted by atomic mass is 9.65. The molecule has 0 aromatic carbocycles. The minimum atomic E-state index is -0.577. The van der Waals surface area contributed by atoms with E-state index in [2.05, 4.69) is 32.1 Å². The highest BCUT2D eigenvalue weighted by Gasteiger charge is 2.41. The number of allylic oxidation sites excluding steroid dienone is 3. The fraction of sp³-hybridized carbons (Fsp3) is 0.760. The molecule has 2 unspecified atom stereocenters. The smallest absolute Gasteiger partial charge is 0.308 e. The van der Waals surface area contributed by atoms with Crippen LogP contribution in [0.2, 0.25) is 0 Å². The maximum atomic E-state index is 12.6. The van der Waals surface area contributed by atoms with Crippen molar-refractivity contribution < 1.29 is 24.2 Å². The summed E-state index contributed by atoms with van der Waals surface area (Å²) < 4.78 is 11.5. The summed E-state index contributed by atoms with van der Waals surface area (Å²) in [5.41, 5.74) is 1.30. The maximum absolute atomic E-state index is 12.6. The SMILES string of the molecule is CC[C@H](C)C(=O)O[C@H]1C[C@@H](C)C=C2C=C[C@H](C)[C@H](CCCC3C[C@@H](O)CC(=O)O3)C21. The third-order valence-corrected chi connectivity index (χ3v) is 7.18. The summed E-state index contributed by atoms with van der Waals surface area (Å²) in [5, 5.41) is 9.84. The molecule has 0 saturated carbocycles. The third-order valence-electron chi connectivity index (χ3n) is 7.18. The van der Waals surface area contributed by atoms with Gasteiger partial charge in [0.05, 0.1) is 18.4 Å². The fourth-order valence-electron chi connectivity index (χ4n) is 5.27. The summed E-state index contributed by atoms with van der Waals surface area (Å²) in [6.07, 6.45) is 11.0. The molecule has 1 fully saturated rings. The Morgan fingerprint density at radius 3 is 2.77 bits per heavy atom. The van der Waals surface area contributed by atoms with E-state index in [1.807, 2.05) is 13.8 Å². The van der Waals surface area contributed by atoms with Crippen molar-refractivity contribution in [2.24, 2.45) is 29.6 Å². The Hall–Kier alpha value is -1.62. The van der Waals surface area contributed by atoms with Gasteiger partial charge < -0.3 is 14.6 Å². The van der Waals surface area contributed by atoms with E-state index in [4.69, 9.17) is 9.47 Å². The van der Waals surface area contributed by atoms with Gasteiger partial charge in [-0.1, -0.05) is 45.9 Å². The molecular weight excluding hydrogens is 380 g/mol. The first-order valence-corrected chi connectivity index (χ1v) is 11.8. The number of carbonyl (C=O) groups excluding carboxylic acids is 2. The molecule has 0 radical (unpaired) electrons. The number of rotatable bonds is 7. The Labute approximate surface area is 180 Å². The molecule has 30 heavy (non-hydrogen) atoms. The molecule has 0 aromatic heterocycles. The van der Waals surface area contributed by atoms with Crippen LogP contribution in [0.15, 0.2) is 23.8 Å². The van der Waals surface area contributed by atoms with Gasteiger partial charge >= 0.3 is 11.9 Å². The number of aliphatic hydroxyl groups is 1. The molecule has 0 amide bonds. The van der Waals surface area contributed by atoms with Gasteiger partial charge in [-0.3, -0.25) is 9.59 Å². The van der Waals surface area contributed by atoms with Gasteiger partial charge in [-0.25, -0.2) is 0 Å². The molecule has 1 heterocycles. The van der Waals surface area contributed by atoms with Crippen molar-refractivity contribution in [2.75, 3.05) is 0 Å². The van der Waals surface area contributed by atoms with Crippen LogP contribution in [0.25, 0.3) is 0 Å². The van der Waals surface area contributed by atoms with Gasteiger partial charge in [0.1, 0.15) is 12.2 Å². The summed E-state index contributed by atoms with van der Waals surface area (Å²) in [7, 11) is 0. The highest BCUT2D eigenvalue weighted by molar-refractivity contribution is 5.72. The Balaban J connectivity index is 1.67. The number of ether oxygens (including phenoxy) is 2. The molecule has 1 N–H and O–H groups in total. The monoisotopic (exact) mass is 418 g/mol. The summed E-state index contributed by atoms with van der Waals surface area (Å²) in [6, 6.07) is 0. The summed E-state index contributed by atoms with van der Waals surface area (Å²) in [4.78, 5) is 24.2. The average Bonchev–Trinajstić information content (AvgIpc) is 2.68. The van der Waals surface area contributed by atoms with Gasteiger partial charge in [0.15, 0.2) is 0 Å². The van der Waals surface area contributed by atoms with E-state index >= 15 is 0 Å². The second-order valence-corrected chi connectivity index (χ2v) is 9.71. The quantitative estimate of drug-likeness (QED) is 0.613. The van der Waals surface area contributed by atoms with Crippen molar-refractivity contribution in [1.29, 1.82) is 0 Å². The van der Waals surface area contributed by atoms with Crippen LogP contribution in [0, 0.1) is 29.6 Å². The van der Waals surface area contributed by atoms with E-state index in [-0.39, 0.29) is 42.4 Å². The molecule has 1 aliphatic heterocycles. The predicted octanol–water partition coefficient (Wildman–Crippen LogP) is 4.59. The molecule has 1 saturated heterocycles. The van der Waals surface area contributed by atoms with E-state index in [1.54, 1.807) is 0 Å². The normalized spacial score (nSPS) is 37.0. The molecule has 3 rings (SSSR count). The van der Waals surface area contributed by atoms with Crippen LogP contribution >= 0.6 is 0 Å². The lowest BCUT2D eigenvalue weighted by molar-refractivity contribution is -0.160. The van der Waals surface area contributed by atoms with E-state index in [0.29, 0.717) is 24.2 Å². The molecule has 3 aliphatic rings. The first-order valence-electron chi connectivity index (χ1n) is 11.8. The van der Waals surface area contributed by atoms with Crippen molar-refractivity contribution in [3.63, 3.8) is 0 Å². The molecule has 0 bridgehead atoms. The van der Waals surface area contributed by atoms with Gasteiger partial charge in [-0.15, -0.1) is 0 Å². The van der Waals surface area contributed by atoms with Crippen LogP contribution < -0.4 is 0 Å². The Morgan fingerprint density at radius 1 is 1.30 bits per heavy atom. The zero-order chi connectivity index (χ0) is 21.8. The number of fused-ring (bicyclic) bond motifs is 1. The standard InChI is InChI=1S/C25H38O5/c1-5-16(3)25(28)30-22-12-15(2)11-18-10-9-17(4)21(24(18)22)8-6-7-20-13-19(26)14-23(27)29-20/h9-11,15-17,19-22,24,26H,5-8,12-14H2,1-4H3/t15-,16-,17-,19+,20?,21-,22-,24?/m0/s1. The van der Waals surface area contributed by atoms with E-state index in [0.717, 1.165) is 32.1 Å². The Bertz CT molecular complexity index is 681. The van der Waals surface area contributed by atoms with Crippen molar-refractivity contribution in [1.82, 2.24) is 0 Å². The first-order chi connectivity index (χ1) is 14.3. The second-order valence-electron chi connectivity index (χ2n) is 9.71. The predicted molar refractivity (Wildman–Crippen MR) is 115 cm³/mol. The molecule has 168 valence electrons. The van der Waals surface area contributed by atoms with Crippen LogP contribution in [0.1, 0.15) is 72.6 Å². The summed E-state index contributed by atoms with van der Waals surface area (Å²) >= 11 is 0. The first kappa shape index (κ1) is 23.1. The Morgan fingerprint density at radius 2 is 2.07 bits per heavy atom. The van der Waals surface area contributed by atoms with E-state index < -0.39 is 6.10 Å². The number of hydrogen-bond donors (Lipinski definition) is 1. The van der Waals surface area contributed by atoms with Gasteiger partial charge in [0.25, 0.3) is 0 Å². The van der Waals surface area contributed by atoms with E-state index in [9.17, 15) is 14.7 Å². The lowest BCUT2D eigenvalue weighted by Crippen LogP contribution is -2.41. The molecule has 5 nitrogen and oxygen atoms in total. The molecule has 8 atom stereocenters. The average molecular weight is 419 g/mol. The molecule has 5 heteroatoms. The number of hydrogen-bond acceptors (Lipinski definition) is 5. The minimum Gasteiger partial charge on any atom is -0.462 e. The van der Waals surface area contributed by atoms with Gasteiger partial charge in [0.2, 0.25) is 0 Å². The highest BCUT2D eigenvalue weighted by Crippen LogP contribution is 2.45. The Kier molecular flexibility index (Phi) is 7.78. The zero-order valence-corrected chi connectivity index (χ0v) is 18.9. The van der Waals surface area contributed by atoms with Gasteiger partial charge in [0, 0.05) is 12.3 Å². The highest BCUT2D eigenvalue weighted by atomic mass is 16.5. The van der Waals surface area contributed by atoms with Gasteiger partial charge in [-0.05, 0) is 55.4 Å². The van der Waals surface area contributed by atoms with Crippen LogP contribution in [0.5, 0.6) is 0 Å². The number of cyclic esters (lactones) is 1. The second kappa shape index (κ2) is 10.1. The molecule has 2 aliphatic carbocycles. The molecular formula is C25H38O5. The van der Waals surface area contributed by atoms with Crippen molar-refractivity contribution in [2.45, 2.75) is 91.0 Å². The van der Waals surface area contributed by atoms with Crippen LogP contribution in [-0.4, -0.2) is 35.4 Å². The topological polar surface area (TPSA) is 72.8 Å². The molecule has 0 aromatic rings. The van der Waals surface area contributed by atoms with E-state index in [1.165, 1.54) is 5.57 Å². The van der Waals surface area contributed by atoms with Crippen LogP contribution in [0.3, 0.4) is 0 Å².